The molecule has 5 N–H and O–H groups in total. The minimum absolute atomic E-state index is 0.0359. The molecule has 1 fully saturated rings. The predicted octanol–water partition coefficient (Wildman–Crippen LogP) is 3.20. The lowest BCUT2D eigenvalue weighted by atomic mass is 9.98. The van der Waals surface area contributed by atoms with Crippen LogP contribution in [0.25, 0.3) is 0 Å². The number of rotatable bonds is 12. The molecule has 1 aromatic carbocycles. The van der Waals surface area contributed by atoms with E-state index in [9.17, 15) is 24.3 Å². The van der Waals surface area contributed by atoms with Crippen molar-refractivity contribution in [2.75, 3.05) is 0 Å². The van der Waals surface area contributed by atoms with Gasteiger partial charge in [0.2, 0.25) is 17.7 Å². The zero-order valence-corrected chi connectivity index (χ0v) is 22.8. The summed E-state index contributed by atoms with van der Waals surface area (Å²) in [5.41, 5.74) is 5.66. The summed E-state index contributed by atoms with van der Waals surface area (Å²) in [5.74, 6) is -1.38. The molecule has 0 aromatic heterocycles. The van der Waals surface area contributed by atoms with Crippen molar-refractivity contribution in [1.29, 1.82) is 0 Å². The number of nitrogens with zero attached hydrogens (tertiary/aromatic N) is 1. The van der Waals surface area contributed by atoms with E-state index in [1.54, 1.807) is 39.8 Å². The summed E-state index contributed by atoms with van der Waals surface area (Å²) >= 11 is 0. The molecule has 37 heavy (non-hydrogen) atoms. The van der Waals surface area contributed by atoms with E-state index in [1.165, 1.54) is 11.0 Å². The number of carbonyl (C=O) groups excluding carboxylic acids is 4. The third-order valence-electron chi connectivity index (χ3n) is 6.04. The second-order valence-corrected chi connectivity index (χ2v) is 10.8. The number of nitrogens with one attached hydrogen (secondary N) is 2. The van der Waals surface area contributed by atoms with E-state index < -0.39 is 35.6 Å². The van der Waals surface area contributed by atoms with Gasteiger partial charge in [-0.25, -0.2) is 4.79 Å². The van der Waals surface area contributed by atoms with E-state index >= 15 is 0 Å². The van der Waals surface area contributed by atoms with Crippen molar-refractivity contribution in [3.05, 3.63) is 29.3 Å². The summed E-state index contributed by atoms with van der Waals surface area (Å²) in [6, 6.07) is 2.38. The molecule has 0 bridgehead atoms. The lowest BCUT2D eigenvalue weighted by Crippen LogP contribution is -2.54. The number of amides is 4. The van der Waals surface area contributed by atoms with Crippen molar-refractivity contribution < 1.29 is 29.0 Å². The third-order valence-corrected chi connectivity index (χ3v) is 6.04. The highest BCUT2D eigenvalue weighted by molar-refractivity contribution is 5.93. The van der Waals surface area contributed by atoms with Crippen molar-refractivity contribution in [2.24, 2.45) is 5.73 Å². The van der Waals surface area contributed by atoms with Crippen LogP contribution in [0.2, 0.25) is 0 Å². The van der Waals surface area contributed by atoms with Gasteiger partial charge in [0.1, 0.15) is 23.4 Å². The van der Waals surface area contributed by atoms with E-state index in [0.717, 1.165) is 12.8 Å². The Balaban J connectivity index is 2.48. The van der Waals surface area contributed by atoms with Gasteiger partial charge in [-0.1, -0.05) is 19.4 Å². The lowest BCUT2D eigenvalue weighted by Gasteiger charge is -2.35. The van der Waals surface area contributed by atoms with Crippen LogP contribution in [0, 0.1) is 6.92 Å². The largest absolute Gasteiger partial charge is 0.508 e. The van der Waals surface area contributed by atoms with Gasteiger partial charge in [0.25, 0.3) is 0 Å². The highest BCUT2D eigenvalue weighted by Gasteiger charge is 2.44. The highest BCUT2D eigenvalue weighted by Crippen LogP contribution is 2.37. The summed E-state index contributed by atoms with van der Waals surface area (Å²) in [6.07, 6.45) is 2.08. The number of aryl methyl sites for hydroxylation is 1. The Hall–Kier alpha value is -3.30. The van der Waals surface area contributed by atoms with Gasteiger partial charge in [-0.3, -0.25) is 14.4 Å². The molecule has 0 saturated heterocycles. The summed E-state index contributed by atoms with van der Waals surface area (Å²) in [5, 5.41) is 15.7. The van der Waals surface area contributed by atoms with Gasteiger partial charge in [-0.15, -0.1) is 0 Å². The molecule has 206 valence electrons. The predicted molar refractivity (Wildman–Crippen MR) is 140 cm³/mol. The lowest BCUT2D eigenvalue weighted by molar-refractivity contribution is -0.143. The van der Waals surface area contributed by atoms with E-state index in [1.807, 2.05) is 13.8 Å². The quantitative estimate of drug-likeness (QED) is 0.334. The van der Waals surface area contributed by atoms with Crippen LogP contribution in [0.4, 0.5) is 4.79 Å². The molecule has 10 nitrogen and oxygen atoms in total. The van der Waals surface area contributed by atoms with Crippen LogP contribution in [0.1, 0.15) is 90.3 Å². The number of hydrogen-bond acceptors (Lipinski definition) is 6. The van der Waals surface area contributed by atoms with Gasteiger partial charge >= 0.3 is 6.09 Å². The van der Waals surface area contributed by atoms with Crippen LogP contribution in [-0.2, 0) is 19.1 Å². The average Bonchev–Trinajstić information content (AvgIpc) is 3.60. The van der Waals surface area contributed by atoms with E-state index in [2.05, 4.69) is 10.6 Å². The number of nitrogens with two attached hydrogens (primary N) is 1. The van der Waals surface area contributed by atoms with E-state index in [0.29, 0.717) is 24.0 Å². The fourth-order valence-corrected chi connectivity index (χ4v) is 4.16. The molecule has 0 heterocycles. The first kappa shape index (κ1) is 29.9. The minimum Gasteiger partial charge on any atom is -0.508 e. The van der Waals surface area contributed by atoms with Crippen molar-refractivity contribution in [3.63, 3.8) is 0 Å². The second-order valence-electron chi connectivity index (χ2n) is 10.8. The molecule has 3 atom stereocenters. The van der Waals surface area contributed by atoms with Gasteiger partial charge in [0.05, 0.1) is 0 Å². The van der Waals surface area contributed by atoms with Gasteiger partial charge in [0.15, 0.2) is 0 Å². The smallest absolute Gasteiger partial charge is 0.408 e. The molecule has 3 unspecified atom stereocenters. The first-order valence-corrected chi connectivity index (χ1v) is 12.9. The topological polar surface area (TPSA) is 151 Å². The maximum absolute atomic E-state index is 14.0. The maximum atomic E-state index is 14.0. The van der Waals surface area contributed by atoms with Crippen LogP contribution in [0.5, 0.6) is 5.75 Å². The Bertz CT molecular complexity index is 986. The second kappa shape index (κ2) is 12.8. The Morgan fingerprint density at radius 1 is 1.16 bits per heavy atom. The average molecular weight is 519 g/mol. The number of carbonyl (C=O) groups is 4. The van der Waals surface area contributed by atoms with Gasteiger partial charge < -0.3 is 31.1 Å². The van der Waals surface area contributed by atoms with Gasteiger partial charge in [-0.2, -0.15) is 0 Å². The number of benzene rings is 1. The SMILES string of the molecule is CCCC(C)NC(=O)C(c1ccc(O)c(C)c1)N(C(=O)C(CCC(N)=O)NC(=O)OC(C)(C)C)C1CC1. The fourth-order valence-electron chi connectivity index (χ4n) is 4.16. The first-order chi connectivity index (χ1) is 17.2. The monoisotopic (exact) mass is 518 g/mol. The van der Waals surface area contributed by atoms with Gasteiger partial charge in [-0.05, 0) is 83.6 Å². The molecular formula is C27H42N4O6. The molecule has 0 radical (unpaired) electrons. The van der Waals surface area contributed by atoms with E-state index in [4.69, 9.17) is 10.5 Å². The number of ether oxygens (including phenoxy) is 1. The fraction of sp³-hybridized carbons (Fsp3) is 0.630. The number of alkyl carbamates (subject to hydrolysis) is 1. The molecule has 1 aromatic rings. The molecule has 1 saturated carbocycles. The first-order valence-electron chi connectivity index (χ1n) is 12.9. The molecule has 4 amide bonds. The van der Waals surface area contributed by atoms with Crippen LogP contribution in [-0.4, -0.2) is 57.5 Å². The summed E-state index contributed by atoms with van der Waals surface area (Å²) < 4.78 is 5.34. The Morgan fingerprint density at radius 2 is 1.81 bits per heavy atom. The number of primary amides is 1. The number of phenols is 1. The zero-order chi connectivity index (χ0) is 27.9. The maximum Gasteiger partial charge on any atom is 0.408 e. The van der Waals surface area contributed by atoms with Gasteiger partial charge in [0, 0.05) is 18.5 Å². The number of phenolic OH excluding ortho intramolecular Hbond substituents is 1. The zero-order valence-electron chi connectivity index (χ0n) is 22.8. The highest BCUT2D eigenvalue weighted by atomic mass is 16.6. The van der Waals surface area contributed by atoms with Crippen molar-refractivity contribution >= 4 is 23.8 Å². The standard InChI is InChI=1S/C27H42N4O6/c1-7-8-17(3)29-24(34)23(18-9-13-21(32)16(2)15-18)31(19-10-11-19)25(35)20(12-14-22(28)33)30-26(36)37-27(4,5)6/h9,13,15,17,19-20,23,32H,7-8,10-12,14H2,1-6H3,(H2,28,33)(H,29,34)(H,30,36). The van der Waals surface area contributed by atoms with Crippen molar-refractivity contribution in [1.82, 2.24) is 15.5 Å². The molecule has 0 aliphatic heterocycles. The van der Waals surface area contributed by atoms with Crippen LogP contribution < -0.4 is 16.4 Å². The summed E-state index contributed by atoms with van der Waals surface area (Å²) in [7, 11) is 0. The van der Waals surface area contributed by atoms with Crippen LogP contribution in [0.15, 0.2) is 18.2 Å². The number of aromatic hydroxyl groups is 1. The molecular weight excluding hydrogens is 476 g/mol. The Morgan fingerprint density at radius 3 is 2.32 bits per heavy atom. The molecule has 2 rings (SSSR count). The molecule has 1 aliphatic carbocycles. The number of hydrogen-bond donors (Lipinski definition) is 4. The molecule has 1 aliphatic rings. The van der Waals surface area contributed by atoms with Crippen molar-refractivity contribution in [3.8, 4) is 5.75 Å². The summed E-state index contributed by atoms with van der Waals surface area (Å²) in [6.45, 7) is 10.8. The molecule has 0 spiro atoms. The van der Waals surface area contributed by atoms with Crippen LogP contribution in [0.3, 0.4) is 0 Å². The Labute approximate surface area is 219 Å². The summed E-state index contributed by atoms with van der Waals surface area (Å²) in [4.78, 5) is 53.3. The molecule has 10 heteroatoms. The third kappa shape index (κ3) is 9.26. The Kier molecular flexibility index (Phi) is 10.3. The normalized spacial score (nSPS) is 15.7. The minimum atomic E-state index is -1.12. The van der Waals surface area contributed by atoms with Crippen LogP contribution >= 0.6 is 0 Å². The van der Waals surface area contributed by atoms with E-state index in [-0.39, 0.29) is 36.6 Å². The van der Waals surface area contributed by atoms with Crippen molar-refractivity contribution in [2.45, 2.75) is 110 Å².